The lowest BCUT2D eigenvalue weighted by Crippen LogP contribution is -2.15. The monoisotopic (exact) mass is 313 g/mol. The topological polar surface area (TPSA) is 61.6 Å². The summed E-state index contributed by atoms with van der Waals surface area (Å²) in [5.41, 5.74) is 0. The molecule has 0 amide bonds. The van der Waals surface area contributed by atoms with E-state index in [4.69, 9.17) is 25.5 Å². The minimum Gasteiger partial charge on any atom is -0.486 e. The molecule has 1 aliphatic rings. The zero-order chi connectivity index (χ0) is 14.1. The van der Waals surface area contributed by atoms with Crippen LogP contribution >= 0.6 is 11.6 Å². The summed E-state index contributed by atoms with van der Waals surface area (Å²) < 4.78 is 28.6. The van der Waals surface area contributed by atoms with E-state index in [1.54, 1.807) is 25.3 Å². The fourth-order valence-electron chi connectivity index (χ4n) is 1.88. The maximum atomic E-state index is 12.4. The van der Waals surface area contributed by atoms with Gasteiger partial charge >= 0.3 is 0 Å². The SMILES string of the molecule is Cc1cnc(CS(=O)c2cc3c(cc2Cl)OCCO3)o1. The summed E-state index contributed by atoms with van der Waals surface area (Å²) in [6, 6.07) is 3.28. The van der Waals surface area contributed by atoms with E-state index in [0.29, 0.717) is 46.3 Å². The molecule has 5 nitrogen and oxygen atoms in total. The second-order valence-electron chi connectivity index (χ2n) is 4.28. The highest BCUT2D eigenvalue weighted by Gasteiger charge is 2.19. The van der Waals surface area contributed by atoms with Crippen molar-refractivity contribution < 1.29 is 18.1 Å². The number of aromatic nitrogens is 1. The molecular formula is C13H12ClNO4S. The highest BCUT2D eigenvalue weighted by molar-refractivity contribution is 7.84. The molecule has 1 aliphatic heterocycles. The molecule has 0 bridgehead atoms. The van der Waals surface area contributed by atoms with Crippen LogP contribution in [-0.4, -0.2) is 22.4 Å². The molecule has 0 saturated heterocycles. The van der Waals surface area contributed by atoms with Crippen molar-refractivity contribution in [3.05, 3.63) is 35.0 Å². The highest BCUT2D eigenvalue weighted by Crippen LogP contribution is 2.37. The van der Waals surface area contributed by atoms with Crippen molar-refractivity contribution in [3.63, 3.8) is 0 Å². The van der Waals surface area contributed by atoms with Crippen molar-refractivity contribution in [3.8, 4) is 11.5 Å². The molecule has 7 heteroatoms. The molecule has 2 heterocycles. The standard InChI is InChI=1S/C13H12ClNO4S/c1-8-6-15-13(19-8)7-20(16)12-5-11-10(4-9(12)14)17-2-3-18-11/h4-6H,2-3,7H2,1H3. The Morgan fingerprint density at radius 2 is 2.00 bits per heavy atom. The van der Waals surface area contributed by atoms with Gasteiger partial charge in [-0.15, -0.1) is 0 Å². The maximum absolute atomic E-state index is 12.4. The van der Waals surface area contributed by atoms with Crippen molar-refractivity contribution in [1.29, 1.82) is 0 Å². The van der Waals surface area contributed by atoms with Crippen LogP contribution in [-0.2, 0) is 16.6 Å². The molecular weight excluding hydrogens is 302 g/mol. The van der Waals surface area contributed by atoms with E-state index in [-0.39, 0.29) is 5.75 Å². The van der Waals surface area contributed by atoms with E-state index < -0.39 is 10.8 Å². The van der Waals surface area contributed by atoms with Gasteiger partial charge in [-0.2, -0.15) is 0 Å². The summed E-state index contributed by atoms with van der Waals surface area (Å²) in [4.78, 5) is 4.53. The highest BCUT2D eigenvalue weighted by atomic mass is 35.5. The summed E-state index contributed by atoms with van der Waals surface area (Å²) in [6.45, 7) is 2.75. The Morgan fingerprint density at radius 3 is 2.65 bits per heavy atom. The fraction of sp³-hybridized carbons (Fsp3) is 0.308. The van der Waals surface area contributed by atoms with Crippen molar-refractivity contribution in [2.24, 2.45) is 0 Å². The summed E-state index contributed by atoms with van der Waals surface area (Å²) in [5.74, 6) is 2.42. The fourth-order valence-corrected chi connectivity index (χ4v) is 3.32. The van der Waals surface area contributed by atoms with Crippen LogP contribution in [0.15, 0.2) is 27.6 Å². The van der Waals surface area contributed by atoms with Crippen LogP contribution in [0.3, 0.4) is 0 Å². The molecule has 20 heavy (non-hydrogen) atoms. The van der Waals surface area contributed by atoms with Gasteiger partial charge in [-0.3, -0.25) is 4.21 Å². The third-order valence-electron chi connectivity index (χ3n) is 2.77. The number of fused-ring (bicyclic) bond motifs is 1. The molecule has 0 fully saturated rings. The predicted octanol–water partition coefficient (Wildman–Crippen LogP) is 2.72. The van der Waals surface area contributed by atoms with Gasteiger partial charge in [-0.05, 0) is 6.92 Å². The van der Waals surface area contributed by atoms with Crippen molar-refractivity contribution in [2.45, 2.75) is 17.6 Å². The Kier molecular flexibility index (Phi) is 3.67. The Hall–Kier alpha value is -1.53. The van der Waals surface area contributed by atoms with Crippen LogP contribution in [0.5, 0.6) is 11.5 Å². The lowest BCUT2D eigenvalue weighted by Gasteiger charge is -2.19. The second kappa shape index (κ2) is 5.46. The smallest absolute Gasteiger partial charge is 0.207 e. The summed E-state index contributed by atoms with van der Waals surface area (Å²) in [7, 11) is -1.35. The first kappa shape index (κ1) is 13.5. The average molecular weight is 314 g/mol. The van der Waals surface area contributed by atoms with E-state index >= 15 is 0 Å². The number of hydrogen-bond donors (Lipinski definition) is 0. The molecule has 3 rings (SSSR count). The van der Waals surface area contributed by atoms with Gasteiger partial charge in [0.1, 0.15) is 24.7 Å². The minimum absolute atomic E-state index is 0.174. The van der Waals surface area contributed by atoms with Gasteiger partial charge < -0.3 is 13.9 Å². The van der Waals surface area contributed by atoms with E-state index in [1.807, 2.05) is 0 Å². The molecule has 1 aromatic heterocycles. The number of nitrogens with zero attached hydrogens (tertiary/aromatic N) is 1. The Bertz CT molecular complexity index is 670. The molecule has 1 unspecified atom stereocenters. The molecule has 1 aromatic carbocycles. The van der Waals surface area contributed by atoms with Crippen molar-refractivity contribution in [2.75, 3.05) is 13.2 Å². The third kappa shape index (κ3) is 2.66. The van der Waals surface area contributed by atoms with E-state index in [2.05, 4.69) is 4.98 Å². The zero-order valence-corrected chi connectivity index (χ0v) is 12.3. The first-order chi connectivity index (χ1) is 9.63. The zero-order valence-electron chi connectivity index (χ0n) is 10.7. The molecule has 0 aliphatic carbocycles. The summed E-state index contributed by atoms with van der Waals surface area (Å²) >= 11 is 6.15. The van der Waals surface area contributed by atoms with E-state index in [9.17, 15) is 4.21 Å². The van der Waals surface area contributed by atoms with Crippen molar-refractivity contribution in [1.82, 2.24) is 4.98 Å². The number of halogens is 1. The van der Waals surface area contributed by atoms with Crippen LogP contribution in [0.4, 0.5) is 0 Å². The van der Waals surface area contributed by atoms with Gasteiger partial charge in [0.2, 0.25) is 5.89 Å². The first-order valence-electron chi connectivity index (χ1n) is 6.02. The first-order valence-corrected chi connectivity index (χ1v) is 7.72. The largest absolute Gasteiger partial charge is 0.486 e. The van der Waals surface area contributed by atoms with Gasteiger partial charge in [0.25, 0.3) is 0 Å². The van der Waals surface area contributed by atoms with Gasteiger partial charge in [0, 0.05) is 12.1 Å². The van der Waals surface area contributed by atoms with Gasteiger partial charge in [0.05, 0.1) is 26.9 Å². The lowest BCUT2D eigenvalue weighted by atomic mass is 10.3. The van der Waals surface area contributed by atoms with Crippen LogP contribution < -0.4 is 9.47 Å². The number of aryl methyl sites for hydroxylation is 1. The van der Waals surface area contributed by atoms with Crippen LogP contribution in [0.1, 0.15) is 11.7 Å². The number of oxazole rings is 1. The number of hydrogen-bond acceptors (Lipinski definition) is 5. The Morgan fingerprint density at radius 1 is 1.30 bits per heavy atom. The Labute approximate surface area is 123 Å². The number of ether oxygens (including phenoxy) is 2. The van der Waals surface area contributed by atoms with Gasteiger partial charge in [-0.1, -0.05) is 11.6 Å². The average Bonchev–Trinajstić information content (AvgIpc) is 2.83. The molecule has 0 saturated carbocycles. The van der Waals surface area contributed by atoms with Crippen LogP contribution in [0, 0.1) is 6.92 Å². The molecule has 0 N–H and O–H groups in total. The molecule has 1 atom stereocenters. The van der Waals surface area contributed by atoms with Gasteiger partial charge in [-0.25, -0.2) is 4.98 Å². The normalized spacial score (nSPS) is 15.1. The second-order valence-corrected chi connectivity index (χ2v) is 6.11. The predicted molar refractivity (Wildman–Crippen MR) is 73.8 cm³/mol. The number of rotatable bonds is 3. The lowest BCUT2D eigenvalue weighted by molar-refractivity contribution is 0.171. The van der Waals surface area contributed by atoms with Crippen molar-refractivity contribution >= 4 is 22.4 Å². The summed E-state index contributed by atoms with van der Waals surface area (Å²) in [6.07, 6.45) is 1.60. The van der Waals surface area contributed by atoms with Gasteiger partial charge in [0.15, 0.2) is 11.5 Å². The van der Waals surface area contributed by atoms with Crippen LogP contribution in [0.25, 0.3) is 0 Å². The quantitative estimate of drug-likeness (QED) is 0.872. The molecule has 106 valence electrons. The Balaban J connectivity index is 1.87. The van der Waals surface area contributed by atoms with Crippen LogP contribution in [0.2, 0.25) is 5.02 Å². The number of benzene rings is 1. The van der Waals surface area contributed by atoms with E-state index in [1.165, 1.54) is 0 Å². The molecule has 0 spiro atoms. The van der Waals surface area contributed by atoms with E-state index in [0.717, 1.165) is 0 Å². The maximum Gasteiger partial charge on any atom is 0.207 e. The third-order valence-corrected chi connectivity index (χ3v) is 4.53. The minimum atomic E-state index is -1.35. The molecule has 0 radical (unpaired) electrons. The summed E-state index contributed by atoms with van der Waals surface area (Å²) in [5, 5.41) is 0.385. The molecule has 2 aromatic rings.